The first-order valence-electron chi connectivity index (χ1n) is 6.30. The van der Waals surface area contributed by atoms with E-state index in [0.29, 0.717) is 12.2 Å². The summed E-state index contributed by atoms with van der Waals surface area (Å²) in [6, 6.07) is 6.20. The lowest BCUT2D eigenvalue weighted by molar-refractivity contribution is -0.122. The highest BCUT2D eigenvalue weighted by molar-refractivity contribution is 5.80. The molecule has 1 unspecified atom stereocenters. The third-order valence-electron chi connectivity index (χ3n) is 3.17. The number of Topliss-reactive ketones (excluding diaryl/α,β-unsaturated/α-hetero) is 1. The summed E-state index contributed by atoms with van der Waals surface area (Å²) in [5.41, 5.74) is 2.43. The Bertz CT molecular complexity index is 383. The van der Waals surface area contributed by atoms with Gasteiger partial charge in [0.2, 0.25) is 0 Å². The minimum Gasteiger partial charge on any atom is -0.496 e. The SMILES string of the molecule is CCC(=O)C(C)Cc1ccc(OC)c(CC)c1. The monoisotopic (exact) mass is 234 g/mol. The number of methoxy groups -OCH3 is 1. The van der Waals surface area contributed by atoms with E-state index in [4.69, 9.17) is 4.74 Å². The number of aryl methyl sites for hydroxylation is 1. The Morgan fingerprint density at radius 3 is 2.59 bits per heavy atom. The second-order valence-electron chi connectivity index (χ2n) is 4.42. The number of rotatable bonds is 6. The van der Waals surface area contributed by atoms with Crippen LogP contribution in [0.2, 0.25) is 0 Å². The summed E-state index contributed by atoms with van der Waals surface area (Å²) in [4.78, 5) is 11.6. The van der Waals surface area contributed by atoms with Crippen LogP contribution in [-0.4, -0.2) is 12.9 Å². The molecule has 0 heterocycles. The fraction of sp³-hybridized carbons (Fsp3) is 0.533. The van der Waals surface area contributed by atoms with Crippen LogP contribution in [0.5, 0.6) is 5.75 Å². The molecule has 0 fully saturated rings. The molecule has 2 heteroatoms. The molecule has 1 aromatic rings. The molecule has 0 saturated carbocycles. The maximum Gasteiger partial charge on any atom is 0.135 e. The number of ketones is 1. The summed E-state index contributed by atoms with van der Waals surface area (Å²) >= 11 is 0. The summed E-state index contributed by atoms with van der Waals surface area (Å²) in [7, 11) is 1.69. The number of hydrogen-bond acceptors (Lipinski definition) is 2. The molecule has 17 heavy (non-hydrogen) atoms. The van der Waals surface area contributed by atoms with Gasteiger partial charge in [-0.05, 0) is 30.0 Å². The van der Waals surface area contributed by atoms with E-state index in [2.05, 4.69) is 19.1 Å². The van der Waals surface area contributed by atoms with Gasteiger partial charge in [0, 0.05) is 12.3 Å². The molecule has 1 atom stereocenters. The Morgan fingerprint density at radius 2 is 2.06 bits per heavy atom. The molecule has 0 spiro atoms. The highest BCUT2D eigenvalue weighted by atomic mass is 16.5. The molecule has 2 nitrogen and oxygen atoms in total. The molecular formula is C15H22O2. The Labute approximate surface area is 104 Å². The van der Waals surface area contributed by atoms with Crippen LogP contribution in [0.4, 0.5) is 0 Å². The van der Waals surface area contributed by atoms with Crippen molar-refractivity contribution < 1.29 is 9.53 Å². The standard InChI is InChI=1S/C15H22O2/c1-5-13-10-12(7-8-15(13)17-4)9-11(3)14(16)6-2/h7-8,10-11H,5-6,9H2,1-4H3. The largest absolute Gasteiger partial charge is 0.496 e. The molecule has 1 rings (SSSR count). The van der Waals surface area contributed by atoms with E-state index >= 15 is 0 Å². The Morgan fingerprint density at radius 1 is 1.35 bits per heavy atom. The number of ether oxygens (including phenoxy) is 1. The number of carbonyl (C=O) groups excluding carboxylic acids is 1. The highest BCUT2D eigenvalue weighted by Crippen LogP contribution is 2.22. The third kappa shape index (κ3) is 3.58. The van der Waals surface area contributed by atoms with Crippen LogP contribution in [0.1, 0.15) is 38.3 Å². The molecule has 0 aliphatic rings. The zero-order chi connectivity index (χ0) is 12.8. The first-order valence-corrected chi connectivity index (χ1v) is 6.30. The Hall–Kier alpha value is -1.31. The van der Waals surface area contributed by atoms with Gasteiger partial charge < -0.3 is 4.74 Å². The van der Waals surface area contributed by atoms with Crippen molar-refractivity contribution >= 4 is 5.78 Å². The van der Waals surface area contributed by atoms with Crippen molar-refractivity contribution in [2.24, 2.45) is 5.92 Å². The predicted molar refractivity (Wildman–Crippen MR) is 70.5 cm³/mol. The average molecular weight is 234 g/mol. The molecule has 0 amide bonds. The molecule has 0 bridgehead atoms. The van der Waals surface area contributed by atoms with Gasteiger partial charge in [-0.2, -0.15) is 0 Å². The lowest BCUT2D eigenvalue weighted by Crippen LogP contribution is -2.12. The van der Waals surface area contributed by atoms with Crippen LogP contribution in [0.15, 0.2) is 18.2 Å². The van der Waals surface area contributed by atoms with Gasteiger partial charge in [-0.1, -0.05) is 32.9 Å². The highest BCUT2D eigenvalue weighted by Gasteiger charge is 2.12. The summed E-state index contributed by atoms with van der Waals surface area (Å²) in [6.45, 7) is 6.04. The van der Waals surface area contributed by atoms with Gasteiger partial charge in [0.15, 0.2) is 0 Å². The number of carbonyl (C=O) groups is 1. The molecule has 0 aliphatic heterocycles. The molecule has 94 valence electrons. The zero-order valence-electron chi connectivity index (χ0n) is 11.2. The van der Waals surface area contributed by atoms with E-state index in [1.165, 1.54) is 11.1 Å². The lowest BCUT2D eigenvalue weighted by Gasteiger charge is -2.12. The zero-order valence-corrected chi connectivity index (χ0v) is 11.2. The van der Waals surface area contributed by atoms with Crippen molar-refractivity contribution in [1.82, 2.24) is 0 Å². The van der Waals surface area contributed by atoms with Crippen LogP contribution in [0.25, 0.3) is 0 Å². The van der Waals surface area contributed by atoms with Gasteiger partial charge in [-0.3, -0.25) is 4.79 Å². The molecular weight excluding hydrogens is 212 g/mol. The summed E-state index contributed by atoms with van der Waals surface area (Å²) in [5.74, 6) is 1.38. The van der Waals surface area contributed by atoms with Crippen molar-refractivity contribution in [2.75, 3.05) is 7.11 Å². The van der Waals surface area contributed by atoms with Gasteiger partial charge in [0.25, 0.3) is 0 Å². The van der Waals surface area contributed by atoms with Crippen LogP contribution in [-0.2, 0) is 17.6 Å². The van der Waals surface area contributed by atoms with Crippen molar-refractivity contribution in [1.29, 1.82) is 0 Å². The Balaban J connectivity index is 2.82. The normalized spacial score (nSPS) is 12.2. The van der Waals surface area contributed by atoms with Crippen molar-refractivity contribution in [3.8, 4) is 5.75 Å². The van der Waals surface area contributed by atoms with Gasteiger partial charge >= 0.3 is 0 Å². The van der Waals surface area contributed by atoms with Crippen LogP contribution < -0.4 is 4.74 Å². The van der Waals surface area contributed by atoms with Crippen molar-refractivity contribution in [2.45, 2.75) is 40.0 Å². The topological polar surface area (TPSA) is 26.3 Å². The van der Waals surface area contributed by atoms with E-state index in [-0.39, 0.29) is 5.92 Å². The van der Waals surface area contributed by atoms with Gasteiger partial charge in [-0.15, -0.1) is 0 Å². The lowest BCUT2D eigenvalue weighted by atomic mass is 9.94. The van der Waals surface area contributed by atoms with E-state index in [0.717, 1.165) is 18.6 Å². The number of hydrogen-bond donors (Lipinski definition) is 0. The maximum absolute atomic E-state index is 11.6. The summed E-state index contributed by atoms with van der Waals surface area (Å²) in [5, 5.41) is 0. The Kier molecular flexibility index (Phi) is 5.20. The van der Waals surface area contributed by atoms with Gasteiger partial charge in [-0.25, -0.2) is 0 Å². The third-order valence-corrected chi connectivity index (χ3v) is 3.17. The van der Waals surface area contributed by atoms with Crippen molar-refractivity contribution in [3.63, 3.8) is 0 Å². The first-order chi connectivity index (χ1) is 8.12. The average Bonchev–Trinajstić information content (AvgIpc) is 2.37. The van der Waals surface area contributed by atoms with E-state index in [1.54, 1.807) is 7.11 Å². The summed E-state index contributed by atoms with van der Waals surface area (Å²) in [6.07, 6.45) is 2.40. The van der Waals surface area contributed by atoms with Crippen LogP contribution in [0.3, 0.4) is 0 Å². The van der Waals surface area contributed by atoms with E-state index in [1.807, 2.05) is 19.9 Å². The minimum absolute atomic E-state index is 0.109. The molecule has 0 N–H and O–H groups in total. The fourth-order valence-corrected chi connectivity index (χ4v) is 2.05. The van der Waals surface area contributed by atoms with E-state index < -0.39 is 0 Å². The smallest absolute Gasteiger partial charge is 0.135 e. The van der Waals surface area contributed by atoms with Gasteiger partial charge in [0.1, 0.15) is 11.5 Å². The second kappa shape index (κ2) is 6.43. The van der Waals surface area contributed by atoms with Crippen molar-refractivity contribution in [3.05, 3.63) is 29.3 Å². The molecule has 1 aromatic carbocycles. The quantitative estimate of drug-likeness (QED) is 0.754. The number of benzene rings is 1. The van der Waals surface area contributed by atoms with Crippen LogP contribution in [0, 0.1) is 5.92 Å². The predicted octanol–water partition coefficient (Wildman–Crippen LogP) is 3.42. The molecule has 0 radical (unpaired) electrons. The molecule has 0 aromatic heterocycles. The minimum atomic E-state index is 0.109. The second-order valence-corrected chi connectivity index (χ2v) is 4.42. The summed E-state index contributed by atoms with van der Waals surface area (Å²) < 4.78 is 5.30. The van der Waals surface area contributed by atoms with E-state index in [9.17, 15) is 4.79 Å². The van der Waals surface area contributed by atoms with Crippen LogP contribution >= 0.6 is 0 Å². The first kappa shape index (κ1) is 13.8. The van der Waals surface area contributed by atoms with Gasteiger partial charge in [0.05, 0.1) is 7.11 Å². The molecule has 0 saturated heterocycles. The fourth-order valence-electron chi connectivity index (χ4n) is 2.05. The molecule has 0 aliphatic carbocycles. The maximum atomic E-state index is 11.6.